The first-order valence-corrected chi connectivity index (χ1v) is 9.09. The summed E-state index contributed by atoms with van der Waals surface area (Å²) in [5.74, 6) is -0.0402. The molecule has 2 fully saturated rings. The molecule has 2 N–H and O–H groups in total. The molecule has 24 heavy (non-hydrogen) atoms. The predicted octanol–water partition coefficient (Wildman–Crippen LogP) is 0.964. The van der Waals surface area contributed by atoms with Crippen LogP contribution >= 0.6 is 0 Å². The Bertz CT molecular complexity index is 466. The van der Waals surface area contributed by atoms with Crippen LogP contribution in [0.25, 0.3) is 0 Å². The van der Waals surface area contributed by atoms with Gasteiger partial charge in [-0.2, -0.15) is 5.26 Å². The van der Waals surface area contributed by atoms with Crippen LogP contribution in [0.5, 0.6) is 0 Å². The number of piperazine rings is 1. The first kappa shape index (κ1) is 19.2. The van der Waals surface area contributed by atoms with Gasteiger partial charge in [0.25, 0.3) is 0 Å². The zero-order chi connectivity index (χ0) is 17.8. The van der Waals surface area contributed by atoms with Crippen LogP contribution in [0.2, 0.25) is 0 Å². The number of rotatable bonds is 5. The lowest BCUT2D eigenvalue weighted by molar-refractivity contribution is -0.124. The zero-order valence-electron chi connectivity index (χ0n) is 15.3. The Kier molecular flexibility index (Phi) is 6.24. The summed E-state index contributed by atoms with van der Waals surface area (Å²) in [4.78, 5) is 16.7. The second-order valence-corrected chi connectivity index (χ2v) is 8.41. The van der Waals surface area contributed by atoms with Crippen molar-refractivity contribution < 1.29 is 9.90 Å². The smallest absolute Gasteiger partial charge is 0.235 e. The summed E-state index contributed by atoms with van der Waals surface area (Å²) in [6, 6.07) is 2.30. The van der Waals surface area contributed by atoms with Crippen LogP contribution in [0.3, 0.4) is 0 Å². The molecular weight excluding hydrogens is 304 g/mol. The van der Waals surface area contributed by atoms with Crippen molar-refractivity contribution in [1.82, 2.24) is 15.1 Å². The lowest BCUT2D eigenvalue weighted by Crippen LogP contribution is -2.54. The standard InChI is InChI=1S/C18H32N4O2/c1-17(2,3)15(23)12-21-8-10-22(11-9-21)13-16(24)20-18(14-19)6-4-5-7-18/h15,23H,4-13H2,1-3H3,(H,20,24)/t15-/m1/s1. The van der Waals surface area contributed by atoms with Crippen molar-refractivity contribution in [3.05, 3.63) is 0 Å². The number of nitrogens with zero attached hydrogens (tertiary/aromatic N) is 3. The van der Waals surface area contributed by atoms with E-state index in [-0.39, 0.29) is 17.4 Å². The molecular formula is C18H32N4O2. The molecule has 0 bridgehead atoms. The average molecular weight is 336 g/mol. The monoisotopic (exact) mass is 336 g/mol. The third-order valence-corrected chi connectivity index (χ3v) is 5.31. The molecule has 1 saturated carbocycles. The van der Waals surface area contributed by atoms with Gasteiger partial charge in [0.05, 0.1) is 18.7 Å². The third kappa shape index (κ3) is 5.17. The minimum atomic E-state index is -0.629. The summed E-state index contributed by atoms with van der Waals surface area (Å²) in [5, 5.41) is 22.5. The number of β-amino-alcohol motifs (C(OH)–C–C–N with tert-alkyl or cyclic N) is 1. The molecule has 6 heteroatoms. The fourth-order valence-corrected chi connectivity index (χ4v) is 3.40. The van der Waals surface area contributed by atoms with Crippen LogP contribution in [0.15, 0.2) is 0 Å². The van der Waals surface area contributed by atoms with Gasteiger partial charge in [-0.05, 0) is 31.1 Å². The summed E-state index contributed by atoms with van der Waals surface area (Å²) >= 11 is 0. The molecule has 6 nitrogen and oxygen atoms in total. The Morgan fingerprint density at radius 2 is 1.75 bits per heavy atom. The minimum absolute atomic E-state index is 0.0402. The van der Waals surface area contributed by atoms with Crippen LogP contribution in [-0.2, 0) is 4.79 Å². The normalized spacial score (nSPS) is 23.6. The number of nitriles is 1. The molecule has 0 aromatic heterocycles. The number of amides is 1. The number of hydrogen-bond acceptors (Lipinski definition) is 5. The van der Waals surface area contributed by atoms with Gasteiger partial charge in [-0.1, -0.05) is 20.8 Å². The summed E-state index contributed by atoms with van der Waals surface area (Å²) in [5.41, 5.74) is -0.736. The zero-order valence-corrected chi connectivity index (χ0v) is 15.3. The summed E-state index contributed by atoms with van der Waals surface area (Å²) < 4.78 is 0. The molecule has 1 heterocycles. The van der Waals surface area contributed by atoms with E-state index in [0.29, 0.717) is 13.1 Å². The van der Waals surface area contributed by atoms with Crippen LogP contribution in [-0.4, -0.2) is 71.7 Å². The van der Waals surface area contributed by atoms with E-state index in [0.717, 1.165) is 51.9 Å². The van der Waals surface area contributed by atoms with E-state index in [9.17, 15) is 15.2 Å². The van der Waals surface area contributed by atoms with E-state index in [1.807, 2.05) is 20.8 Å². The van der Waals surface area contributed by atoms with Crippen molar-refractivity contribution in [2.75, 3.05) is 39.3 Å². The van der Waals surface area contributed by atoms with Gasteiger partial charge in [0.2, 0.25) is 5.91 Å². The van der Waals surface area contributed by atoms with Gasteiger partial charge in [-0.25, -0.2) is 0 Å². The highest BCUT2D eigenvalue weighted by atomic mass is 16.3. The van der Waals surface area contributed by atoms with E-state index in [2.05, 4.69) is 21.2 Å². The SMILES string of the molecule is CC(C)(C)[C@H](O)CN1CCN(CC(=O)NC2(C#N)CCCC2)CC1. The summed E-state index contributed by atoms with van der Waals surface area (Å²) in [6.45, 7) is 10.6. The van der Waals surface area contributed by atoms with Crippen LogP contribution < -0.4 is 5.32 Å². The molecule has 1 saturated heterocycles. The highest BCUT2D eigenvalue weighted by Gasteiger charge is 2.35. The number of hydrogen-bond donors (Lipinski definition) is 2. The van der Waals surface area contributed by atoms with Gasteiger partial charge in [-0.3, -0.25) is 14.6 Å². The van der Waals surface area contributed by atoms with Crippen molar-refractivity contribution in [1.29, 1.82) is 5.26 Å². The van der Waals surface area contributed by atoms with E-state index in [1.54, 1.807) is 0 Å². The number of nitrogens with one attached hydrogen (secondary N) is 1. The van der Waals surface area contributed by atoms with Crippen molar-refractivity contribution in [3.8, 4) is 6.07 Å². The maximum absolute atomic E-state index is 12.3. The Balaban J connectivity index is 1.73. The van der Waals surface area contributed by atoms with Crippen LogP contribution in [0.1, 0.15) is 46.5 Å². The quantitative estimate of drug-likeness (QED) is 0.782. The molecule has 1 amide bonds. The molecule has 2 aliphatic rings. The molecule has 1 aliphatic heterocycles. The molecule has 0 aromatic carbocycles. The van der Waals surface area contributed by atoms with E-state index in [1.165, 1.54) is 0 Å². The molecule has 136 valence electrons. The Labute approximate surface area is 145 Å². The second kappa shape index (κ2) is 7.81. The van der Waals surface area contributed by atoms with Gasteiger partial charge >= 0.3 is 0 Å². The molecule has 2 rings (SSSR count). The molecule has 1 atom stereocenters. The van der Waals surface area contributed by atoms with E-state index < -0.39 is 5.54 Å². The average Bonchev–Trinajstić information content (AvgIpc) is 2.97. The lowest BCUT2D eigenvalue weighted by Gasteiger charge is -2.38. The first-order valence-electron chi connectivity index (χ1n) is 9.09. The molecule has 0 aromatic rings. The highest BCUT2D eigenvalue weighted by Crippen LogP contribution is 2.28. The van der Waals surface area contributed by atoms with E-state index >= 15 is 0 Å². The summed E-state index contributed by atoms with van der Waals surface area (Å²) in [7, 11) is 0. The largest absolute Gasteiger partial charge is 0.391 e. The van der Waals surface area contributed by atoms with Crippen LogP contribution in [0.4, 0.5) is 0 Å². The van der Waals surface area contributed by atoms with Gasteiger partial charge in [0.15, 0.2) is 0 Å². The minimum Gasteiger partial charge on any atom is -0.391 e. The summed E-state index contributed by atoms with van der Waals surface area (Å²) in [6.07, 6.45) is 3.23. The van der Waals surface area contributed by atoms with Crippen molar-refractivity contribution in [2.45, 2.75) is 58.1 Å². The lowest BCUT2D eigenvalue weighted by atomic mass is 9.89. The van der Waals surface area contributed by atoms with Gasteiger partial charge in [-0.15, -0.1) is 0 Å². The number of aliphatic hydroxyl groups excluding tert-OH is 1. The Morgan fingerprint density at radius 1 is 1.21 bits per heavy atom. The first-order chi connectivity index (χ1) is 11.2. The fourth-order valence-electron chi connectivity index (χ4n) is 3.40. The Hall–Kier alpha value is -1.16. The highest BCUT2D eigenvalue weighted by molar-refractivity contribution is 5.79. The molecule has 0 unspecified atom stereocenters. The van der Waals surface area contributed by atoms with Gasteiger partial charge < -0.3 is 10.4 Å². The number of carbonyl (C=O) groups excluding carboxylic acids is 1. The van der Waals surface area contributed by atoms with Crippen molar-refractivity contribution in [2.24, 2.45) is 5.41 Å². The topological polar surface area (TPSA) is 79.6 Å². The molecule has 1 aliphatic carbocycles. The maximum Gasteiger partial charge on any atom is 0.235 e. The van der Waals surface area contributed by atoms with Gasteiger partial charge in [0, 0.05) is 32.7 Å². The van der Waals surface area contributed by atoms with Crippen molar-refractivity contribution >= 4 is 5.91 Å². The van der Waals surface area contributed by atoms with E-state index in [4.69, 9.17) is 0 Å². The van der Waals surface area contributed by atoms with Crippen LogP contribution in [0, 0.1) is 16.7 Å². The fraction of sp³-hybridized carbons (Fsp3) is 0.889. The maximum atomic E-state index is 12.3. The predicted molar refractivity (Wildman–Crippen MR) is 93.3 cm³/mol. The van der Waals surface area contributed by atoms with Crippen molar-refractivity contribution in [3.63, 3.8) is 0 Å². The van der Waals surface area contributed by atoms with Gasteiger partial charge in [0.1, 0.15) is 5.54 Å². The number of aliphatic hydroxyl groups is 1. The number of carbonyl (C=O) groups is 1. The third-order valence-electron chi connectivity index (χ3n) is 5.31. The second-order valence-electron chi connectivity index (χ2n) is 8.41. The Morgan fingerprint density at radius 3 is 2.25 bits per heavy atom. The molecule has 0 spiro atoms. The molecule has 0 radical (unpaired) electrons.